The van der Waals surface area contributed by atoms with Crippen molar-refractivity contribution in [3.8, 4) is 0 Å². The molecule has 1 fully saturated rings. The van der Waals surface area contributed by atoms with Crippen LogP contribution in [-0.4, -0.2) is 98.3 Å². The van der Waals surface area contributed by atoms with Gasteiger partial charge in [0.2, 0.25) is 0 Å². The molecule has 1 aliphatic rings. The van der Waals surface area contributed by atoms with Gasteiger partial charge in [0.15, 0.2) is 6.10 Å². The van der Waals surface area contributed by atoms with E-state index in [0.717, 1.165) is 77.0 Å². The van der Waals surface area contributed by atoms with Crippen molar-refractivity contribution in [2.45, 2.75) is 224 Å². The van der Waals surface area contributed by atoms with Gasteiger partial charge in [0.05, 0.1) is 6.61 Å². The Morgan fingerprint density at radius 1 is 0.508 bits per heavy atom. The first-order chi connectivity index (χ1) is 29.4. The number of hydrogen-bond donors (Lipinski definition) is 6. The van der Waals surface area contributed by atoms with Crippen molar-refractivity contribution in [3.63, 3.8) is 0 Å². The Morgan fingerprint density at radius 2 is 0.902 bits per heavy atom. The second kappa shape index (κ2) is 37.2. The first-order valence-electron chi connectivity index (χ1n) is 23.4. The molecule has 6 N–H and O–H groups in total. The largest absolute Gasteiger partial charge is 0.472 e. The van der Waals surface area contributed by atoms with E-state index in [1.54, 1.807) is 0 Å². The molecule has 0 spiro atoms. The Kier molecular flexibility index (Phi) is 34.7. The lowest BCUT2D eigenvalue weighted by Crippen LogP contribution is -2.64. The van der Waals surface area contributed by atoms with Gasteiger partial charge in [-0.2, -0.15) is 0 Å². The molecule has 1 rings (SSSR count). The van der Waals surface area contributed by atoms with Crippen LogP contribution in [0.1, 0.15) is 181 Å². The summed E-state index contributed by atoms with van der Waals surface area (Å²) < 4.78 is 33.5. The summed E-state index contributed by atoms with van der Waals surface area (Å²) in [7, 11) is -5.13. The molecule has 0 saturated heterocycles. The van der Waals surface area contributed by atoms with Crippen LogP contribution in [0.3, 0.4) is 0 Å². The minimum atomic E-state index is -5.13. The van der Waals surface area contributed by atoms with Gasteiger partial charge in [0.25, 0.3) is 0 Å². The van der Waals surface area contributed by atoms with Crippen molar-refractivity contribution in [1.82, 2.24) is 0 Å². The maximum absolute atomic E-state index is 12.8. The van der Waals surface area contributed by atoms with Gasteiger partial charge >= 0.3 is 19.8 Å². The zero-order chi connectivity index (χ0) is 45.0. The van der Waals surface area contributed by atoms with Crippen LogP contribution >= 0.6 is 7.82 Å². The molecule has 0 amide bonds. The summed E-state index contributed by atoms with van der Waals surface area (Å²) in [5.74, 6) is -1.13. The molecule has 0 radical (unpaired) electrons. The van der Waals surface area contributed by atoms with Gasteiger partial charge in [-0.3, -0.25) is 18.6 Å². The SMILES string of the molecule is CCCC/C=C/CCCCCCCCCCCC(=O)OC[C@H](COP(=O)(O)OC1C(O)C(O)C(O)[C@H](O)C1O)OC(=O)CCCCCC/C=C/C/C=C/C/C=C/CCCCC. The number of esters is 2. The van der Waals surface area contributed by atoms with Crippen LogP contribution in [0.2, 0.25) is 0 Å². The second-order valence-corrected chi connectivity index (χ2v) is 17.7. The number of phosphoric acid groups is 1. The second-order valence-electron chi connectivity index (χ2n) is 16.3. The first-order valence-corrected chi connectivity index (χ1v) is 24.9. The molecule has 354 valence electrons. The molecule has 8 atom stereocenters. The van der Waals surface area contributed by atoms with Crippen LogP contribution < -0.4 is 0 Å². The number of carbonyl (C=O) groups excluding carboxylic acids is 2. The van der Waals surface area contributed by atoms with Crippen LogP contribution in [-0.2, 0) is 32.7 Å². The van der Waals surface area contributed by atoms with Crippen LogP contribution in [0.4, 0.5) is 0 Å². The molecule has 13 nitrogen and oxygen atoms in total. The van der Waals surface area contributed by atoms with Crippen molar-refractivity contribution in [1.29, 1.82) is 0 Å². The van der Waals surface area contributed by atoms with Gasteiger partial charge < -0.3 is 39.9 Å². The molecule has 0 aromatic rings. The van der Waals surface area contributed by atoms with Crippen molar-refractivity contribution >= 4 is 19.8 Å². The van der Waals surface area contributed by atoms with E-state index in [9.17, 15) is 44.6 Å². The summed E-state index contributed by atoms with van der Waals surface area (Å²) in [5.41, 5.74) is 0. The standard InChI is InChI=1S/C47H83O13P/c1-3-5-7-9-11-13-15-17-19-20-22-24-26-28-30-32-34-36-41(49)59-39(38-58-61(55,56)60-47-45(53)43(51)42(50)44(52)46(47)54)37-57-40(48)35-33-31-29-27-25-23-21-18-16-14-12-10-8-6-4-2/h10-13,17,19,22,24,39,42-47,50-54H,3-9,14-16,18,20-21,23,25-38H2,1-2H3,(H,55,56)/b12-10+,13-11+,19-17+,24-22+/t39-,42?,43+,44?,45?,46?,47?/m1/s1. The lowest BCUT2D eigenvalue weighted by Gasteiger charge is -2.41. The summed E-state index contributed by atoms with van der Waals surface area (Å²) in [6, 6.07) is 0. The number of aliphatic hydroxyl groups excluding tert-OH is 5. The summed E-state index contributed by atoms with van der Waals surface area (Å²) >= 11 is 0. The Labute approximate surface area is 367 Å². The Balaban J connectivity index is 2.48. The monoisotopic (exact) mass is 887 g/mol. The normalized spacial score (nSPS) is 22.4. The molecule has 0 aromatic carbocycles. The molecule has 1 saturated carbocycles. The van der Waals surface area contributed by atoms with Gasteiger partial charge in [-0.25, -0.2) is 4.57 Å². The molecular weight excluding hydrogens is 803 g/mol. The number of ether oxygens (including phenoxy) is 2. The van der Waals surface area contributed by atoms with Gasteiger partial charge in [0, 0.05) is 12.8 Å². The van der Waals surface area contributed by atoms with E-state index < -0.39 is 75.7 Å². The molecule has 0 aromatic heterocycles. The number of aliphatic hydroxyl groups is 5. The number of carbonyl (C=O) groups is 2. The third-order valence-electron chi connectivity index (χ3n) is 10.6. The third kappa shape index (κ3) is 29.7. The first kappa shape index (κ1) is 56.8. The zero-order valence-electron chi connectivity index (χ0n) is 37.4. The van der Waals surface area contributed by atoms with Crippen LogP contribution in [0.15, 0.2) is 48.6 Å². The number of allylic oxidation sites excluding steroid dienone is 8. The predicted octanol–water partition coefficient (Wildman–Crippen LogP) is 9.17. The Bertz CT molecular complexity index is 1250. The summed E-state index contributed by atoms with van der Waals surface area (Å²) in [6.07, 6.45) is 30.1. The minimum absolute atomic E-state index is 0.0699. The summed E-state index contributed by atoms with van der Waals surface area (Å²) in [5, 5.41) is 50.1. The van der Waals surface area contributed by atoms with Gasteiger partial charge in [-0.05, 0) is 70.6 Å². The smallest absolute Gasteiger partial charge is 0.462 e. The van der Waals surface area contributed by atoms with Gasteiger partial charge in [-0.15, -0.1) is 0 Å². The number of rotatable bonds is 38. The molecule has 1 aliphatic carbocycles. The molecule has 0 heterocycles. The molecule has 14 heteroatoms. The van der Waals surface area contributed by atoms with E-state index in [0.29, 0.717) is 12.8 Å². The Morgan fingerprint density at radius 3 is 1.41 bits per heavy atom. The third-order valence-corrected chi connectivity index (χ3v) is 11.6. The maximum atomic E-state index is 12.8. The average Bonchev–Trinajstić information content (AvgIpc) is 3.24. The zero-order valence-corrected chi connectivity index (χ0v) is 38.3. The van der Waals surface area contributed by atoms with Crippen LogP contribution in [0, 0.1) is 0 Å². The fourth-order valence-electron chi connectivity index (χ4n) is 6.80. The molecule has 0 aliphatic heterocycles. The average molecular weight is 887 g/mol. The van der Waals surface area contributed by atoms with Crippen molar-refractivity contribution in [3.05, 3.63) is 48.6 Å². The summed E-state index contributed by atoms with van der Waals surface area (Å²) in [6.45, 7) is 3.22. The van der Waals surface area contributed by atoms with E-state index in [2.05, 4.69) is 62.5 Å². The highest BCUT2D eigenvalue weighted by Gasteiger charge is 2.51. The van der Waals surface area contributed by atoms with Crippen molar-refractivity contribution in [2.75, 3.05) is 13.2 Å². The summed E-state index contributed by atoms with van der Waals surface area (Å²) in [4.78, 5) is 35.7. The fraction of sp³-hybridized carbons (Fsp3) is 0.787. The minimum Gasteiger partial charge on any atom is -0.462 e. The van der Waals surface area contributed by atoms with Gasteiger partial charge in [0.1, 0.15) is 43.2 Å². The van der Waals surface area contributed by atoms with E-state index in [-0.39, 0.29) is 12.8 Å². The quantitative estimate of drug-likeness (QED) is 0.0148. The lowest BCUT2D eigenvalue weighted by molar-refractivity contribution is -0.220. The van der Waals surface area contributed by atoms with Crippen LogP contribution in [0.25, 0.3) is 0 Å². The highest BCUT2D eigenvalue weighted by Crippen LogP contribution is 2.47. The highest BCUT2D eigenvalue weighted by molar-refractivity contribution is 7.47. The van der Waals surface area contributed by atoms with E-state index >= 15 is 0 Å². The van der Waals surface area contributed by atoms with Gasteiger partial charge in [-0.1, -0.05) is 146 Å². The molecule has 6 unspecified atom stereocenters. The Hall–Kier alpha value is -2.19. The lowest BCUT2D eigenvalue weighted by atomic mass is 9.85. The number of unbranched alkanes of at least 4 members (excludes halogenated alkanes) is 18. The molecule has 0 bridgehead atoms. The number of phosphoric ester groups is 1. The van der Waals surface area contributed by atoms with Crippen LogP contribution in [0.5, 0.6) is 0 Å². The van der Waals surface area contributed by atoms with Crippen molar-refractivity contribution in [2.24, 2.45) is 0 Å². The topological polar surface area (TPSA) is 210 Å². The molecular formula is C47H83O13P. The number of hydrogen-bond acceptors (Lipinski definition) is 12. The van der Waals surface area contributed by atoms with E-state index in [4.69, 9.17) is 18.5 Å². The van der Waals surface area contributed by atoms with E-state index in [1.165, 1.54) is 64.2 Å². The maximum Gasteiger partial charge on any atom is 0.472 e. The van der Waals surface area contributed by atoms with Crippen molar-refractivity contribution < 1.29 is 63.1 Å². The molecule has 61 heavy (non-hydrogen) atoms. The highest BCUT2D eigenvalue weighted by atomic mass is 31.2. The predicted molar refractivity (Wildman–Crippen MR) is 239 cm³/mol. The fourth-order valence-corrected chi connectivity index (χ4v) is 7.78. The van der Waals surface area contributed by atoms with E-state index in [1.807, 2.05) is 0 Å².